The standard InChI is InChI=1S/C15H19NO4S/c1-4-10(15(17)18)7-11-9-16(2)14-6-5-12(8-13(11)14)21(3,19)20/h5-6,8-10H,4,7H2,1-3H3,(H,17,18). The Bertz CT molecular complexity index is 789. The molecule has 0 radical (unpaired) electrons. The van der Waals surface area contributed by atoms with Gasteiger partial charge in [-0.3, -0.25) is 4.79 Å². The summed E-state index contributed by atoms with van der Waals surface area (Å²) in [4.78, 5) is 11.5. The number of fused-ring (bicyclic) bond motifs is 1. The summed E-state index contributed by atoms with van der Waals surface area (Å²) in [6, 6.07) is 4.97. The summed E-state index contributed by atoms with van der Waals surface area (Å²) in [7, 11) is -1.41. The maximum atomic E-state index is 11.7. The number of aromatic nitrogens is 1. The highest BCUT2D eigenvalue weighted by Gasteiger charge is 2.19. The maximum absolute atomic E-state index is 11.7. The minimum atomic E-state index is -3.28. The van der Waals surface area contributed by atoms with Crippen molar-refractivity contribution >= 4 is 26.7 Å². The largest absolute Gasteiger partial charge is 0.481 e. The Morgan fingerprint density at radius 3 is 2.57 bits per heavy atom. The van der Waals surface area contributed by atoms with E-state index in [1.54, 1.807) is 18.2 Å². The van der Waals surface area contributed by atoms with E-state index in [1.807, 2.05) is 24.7 Å². The monoisotopic (exact) mass is 309 g/mol. The molecule has 0 saturated carbocycles. The van der Waals surface area contributed by atoms with Gasteiger partial charge in [-0.2, -0.15) is 0 Å². The minimum absolute atomic E-state index is 0.255. The van der Waals surface area contributed by atoms with Crippen LogP contribution in [0.15, 0.2) is 29.3 Å². The van der Waals surface area contributed by atoms with Crippen LogP contribution in [-0.4, -0.2) is 30.3 Å². The van der Waals surface area contributed by atoms with Crippen LogP contribution in [0.4, 0.5) is 0 Å². The third kappa shape index (κ3) is 3.10. The third-order valence-corrected chi connectivity index (χ3v) is 4.89. The van der Waals surface area contributed by atoms with Crippen LogP contribution >= 0.6 is 0 Å². The van der Waals surface area contributed by atoms with Crippen LogP contribution in [0.5, 0.6) is 0 Å². The van der Waals surface area contributed by atoms with Crippen LogP contribution in [0.25, 0.3) is 10.9 Å². The van der Waals surface area contributed by atoms with Crippen molar-refractivity contribution in [1.82, 2.24) is 4.57 Å². The topological polar surface area (TPSA) is 76.4 Å². The molecule has 1 aromatic carbocycles. The smallest absolute Gasteiger partial charge is 0.306 e. The molecule has 6 heteroatoms. The van der Waals surface area contributed by atoms with E-state index in [0.717, 1.165) is 16.5 Å². The number of aliphatic carboxylic acids is 1. The van der Waals surface area contributed by atoms with Gasteiger partial charge in [0, 0.05) is 30.4 Å². The molecule has 114 valence electrons. The predicted molar refractivity (Wildman–Crippen MR) is 81.1 cm³/mol. The molecule has 0 aliphatic heterocycles. The van der Waals surface area contributed by atoms with E-state index < -0.39 is 21.7 Å². The minimum Gasteiger partial charge on any atom is -0.481 e. The fraction of sp³-hybridized carbons (Fsp3) is 0.400. The van der Waals surface area contributed by atoms with E-state index in [2.05, 4.69) is 0 Å². The number of carboxylic acids is 1. The van der Waals surface area contributed by atoms with Gasteiger partial charge in [0.05, 0.1) is 10.8 Å². The summed E-state index contributed by atoms with van der Waals surface area (Å²) in [5.41, 5.74) is 1.77. The van der Waals surface area contributed by atoms with Gasteiger partial charge >= 0.3 is 5.97 Å². The first-order chi connectivity index (χ1) is 9.74. The maximum Gasteiger partial charge on any atom is 0.306 e. The highest BCUT2D eigenvalue weighted by Crippen LogP contribution is 2.26. The lowest BCUT2D eigenvalue weighted by atomic mass is 9.97. The molecule has 1 heterocycles. The van der Waals surface area contributed by atoms with Gasteiger partial charge in [-0.1, -0.05) is 6.92 Å². The van der Waals surface area contributed by atoms with Gasteiger partial charge in [0.2, 0.25) is 0 Å². The van der Waals surface area contributed by atoms with E-state index in [-0.39, 0.29) is 4.90 Å². The number of hydrogen-bond acceptors (Lipinski definition) is 3. The van der Waals surface area contributed by atoms with Gasteiger partial charge in [0.15, 0.2) is 9.84 Å². The fourth-order valence-corrected chi connectivity index (χ4v) is 3.16. The van der Waals surface area contributed by atoms with Crippen LogP contribution in [0.2, 0.25) is 0 Å². The number of carboxylic acid groups (broad SMARTS) is 1. The van der Waals surface area contributed by atoms with E-state index in [9.17, 15) is 18.3 Å². The number of nitrogens with zero attached hydrogens (tertiary/aromatic N) is 1. The summed E-state index contributed by atoms with van der Waals surface area (Å²) in [5, 5.41) is 10.0. The van der Waals surface area contributed by atoms with Crippen LogP contribution in [0.3, 0.4) is 0 Å². The van der Waals surface area contributed by atoms with Crippen molar-refractivity contribution in [2.45, 2.75) is 24.7 Å². The predicted octanol–water partition coefficient (Wildman–Crippen LogP) is 2.24. The molecule has 2 rings (SSSR count). The van der Waals surface area contributed by atoms with E-state index in [4.69, 9.17) is 0 Å². The van der Waals surface area contributed by atoms with Gasteiger partial charge in [0.25, 0.3) is 0 Å². The van der Waals surface area contributed by atoms with Crippen molar-refractivity contribution in [3.05, 3.63) is 30.0 Å². The first-order valence-electron chi connectivity index (χ1n) is 6.74. The molecular weight excluding hydrogens is 290 g/mol. The second-order valence-corrected chi connectivity index (χ2v) is 7.38. The number of benzene rings is 1. The van der Waals surface area contributed by atoms with Gasteiger partial charge in [-0.15, -0.1) is 0 Å². The molecule has 1 aromatic heterocycles. The van der Waals surface area contributed by atoms with Crippen LogP contribution in [0.1, 0.15) is 18.9 Å². The third-order valence-electron chi connectivity index (χ3n) is 3.78. The van der Waals surface area contributed by atoms with Crippen molar-refractivity contribution < 1.29 is 18.3 Å². The molecule has 1 atom stereocenters. The molecule has 2 aromatic rings. The fourth-order valence-electron chi connectivity index (χ4n) is 2.52. The van der Waals surface area contributed by atoms with Gasteiger partial charge in [-0.25, -0.2) is 8.42 Å². The summed E-state index contributed by atoms with van der Waals surface area (Å²) >= 11 is 0. The van der Waals surface area contributed by atoms with Gasteiger partial charge < -0.3 is 9.67 Å². The Morgan fingerprint density at radius 1 is 1.38 bits per heavy atom. The Labute approximate surface area is 124 Å². The molecular formula is C15H19NO4S. The van der Waals surface area contributed by atoms with E-state index in [1.165, 1.54) is 6.26 Å². The van der Waals surface area contributed by atoms with Crippen molar-refractivity contribution in [3.8, 4) is 0 Å². The molecule has 0 fully saturated rings. The Kier molecular flexibility index (Phi) is 4.09. The first-order valence-corrected chi connectivity index (χ1v) is 8.64. The van der Waals surface area contributed by atoms with Gasteiger partial charge in [0.1, 0.15) is 0 Å². The normalized spacial score (nSPS) is 13.5. The second kappa shape index (κ2) is 5.52. The van der Waals surface area contributed by atoms with E-state index in [0.29, 0.717) is 12.8 Å². The number of rotatable bonds is 5. The molecule has 0 spiro atoms. The molecule has 1 N–H and O–H groups in total. The SMILES string of the molecule is CCC(Cc1cn(C)c2ccc(S(C)(=O)=O)cc12)C(=O)O. The average Bonchev–Trinajstić information content (AvgIpc) is 2.71. The lowest BCUT2D eigenvalue weighted by Gasteiger charge is -2.08. The van der Waals surface area contributed by atoms with Crippen molar-refractivity contribution in [2.75, 3.05) is 6.26 Å². The molecule has 0 aliphatic carbocycles. The van der Waals surface area contributed by atoms with Crippen molar-refractivity contribution in [3.63, 3.8) is 0 Å². The van der Waals surface area contributed by atoms with Crippen molar-refractivity contribution in [1.29, 1.82) is 0 Å². The first kappa shape index (κ1) is 15.6. The van der Waals surface area contributed by atoms with E-state index >= 15 is 0 Å². The average molecular weight is 309 g/mol. The number of sulfone groups is 1. The van der Waals surface area contributed by atoms with Crippen LogP contribution in [-0.2, 0) is 28.1 Å². The Hall–Kier alpha value is -1.82. The van der Waals surface area contributed by atoms with Crippen LogP contribution < -0.4 is 0 Å². The zero-order valence-corrected chi connectivity index (χ0v) is 13.1. The Morgan fingerprint density at radius 2 is 2.05 bits per heavy atom. The second-order valence-electron chi connectivity index (χ2n) is 5.36. The molecule has 0 saturated heterocycles. The zero-order valence-electron chi connectivity index (χ0n) is 12.3. The summed E-state index contributed by atoms with van der Waals surface area (Å²) in [5.74, 6) is -1.29. The molecule has 5 nitrogen and oxygen atoms in total. The molecule has 0 bridgehead atoms. The number of carbonyl (C=O) groups is 1. The lowest BCUT2D eigenvalue weighted by Crippen LogP contribution is -2.15. The quantitative estimate of drug-likeness (QED) is 0.919. The summed E-state index contributed by atoms with van der Waals surface area (Å²) in [6.45, 7) is 1.84. The van der Waals surface area contributed by atoms with Crippen LogP contribution in [0, 0.1) is 5.92 Å². The highest BCUT2D eigenvalue weighted by molar-refractivity contribution is 7.90. The highest BCUT2D eigenvalue weighted by atomic mass is 32.2. The summed E-state index contributed by atoms with van der Waals surface area (Å²) in [6.07, 6.45) is 3.99. The molecule has 0 amide bonds. The number of aryl methyl sites for hydroxylation is 1. The summed E-state index contributed by atoms with van der Waals surface area (Å²) < 4.78 is 25.3. The molecule has 1 unspecified atom stereocenters. The zero-order chi connectivity index (χ0) is 15.8. The van der Waals surface area contributed by atoms with Gasteiger partial charge in [-0.05, 0) is 36.6 Å². The lowest BCUT2D eigenvalue weighted by molar-refractivity contribution is -0.141. The van der Waals surface area contributed by atoms with Crippen molar-refractivity contribution in [2.24, 2.45) is 13.0 Å². The Balaban J connectivity index is 2.56. The number of hydrogen-bond donors (Lipinski definition) is 1. The molecule has 0 aliphatic rings. The molecule has 21 heavy (non-hydrogen) atoms.